The number of esters is 2. The first-order valence-electron chi connectivity index (χ1n) is 6.96. The molecule has 0 fully saturated rings. The fourth-order valence-electron chi connectivity index (χ4n) is 1.89. The van der Waals surface area contributed by atoms with Crippen LogP contribution in [0.15, 0.2) is 48.5 Å². The minimum Gasteiger partial charge on any atom is -0.493 e. The Kier molecular flexibility index (Phi) is 5.68. The van der Waals surface area contributed by atoms with Crippen LogP contribution < -0.4 is 9.47 Å². The van der Waals surface area contributed by atoms with E-state index in [4.69, 9.17) is 9.47 Å². The van der Waals surface area contributed by atoms with E-state index in [1.807, 2.05) is 0 Å². The number of benzene rings is 2. The van der Waals surface area contributed by atoms with E-state index in [-0.39, 0.29) is 17.1 Å². The minimum absolute atomic E-state index is 0.140. The summed E-state index contributed by atoms with van der Waals surface area (Å²) in [6.07, 6.45) is 2.77. The molecule has 0 bridgehead atoms. The zero-order chi connectivity index (χ0) is 17.5. The molecule has 5 nitrogen and oxygen atoms in total. The van der Waals surface area contributed by atoms with Crippen LogP contribution in [0.3, 0.4) is 0 Å². The van der Waals surface area contributed by atoms with E-state index in [0.29, 0.717) is 5.56 Å². The van der Waals surface area contributed by atoms with Crippen LogP contribution in [0.1, 0.15) is 15.9 Å². The van der Waals surface area contributed by atoms with Crippen molar-refractivity contribution in [2.45, 2.75) is 0 Å². The van der Waals surface area contributed by atoms with Crippen LogP contribution >= 0.6 is 0 Å². The van der Waals surface area contributed by atoms with Crippen molar-refractivity contribution in [2.24, 2.45) is 0 Å². The van der Waals surface area contributed by atoms with Gasteiger partial charge >= 0.3 is 11.9 Å². The van der Waals surface area contributed by atoms with E-state index in [1.54, 1.807) is 12.1 Å². The number of rotatable bonds is 5. The highest BCUT2D eigenvalue weighted by Gasteiger charge is 2.16. The molecule has 0 aliphatic heterocycles. The summed E-state index contributed by atoms with van der Waals surface area (Å²) in [5.41, 5.74) is 0.470. The molecule has 2 aromatic rings. The Bertz CT molecular complexity index is 783. The SMILES string of the molecule is COC(=O)/C=C/c1ccc(OC(=O)c2ccccc2F)c(OC)c1. The second-order valence-electron chi connectivity index (χ2n) is 4.64. The standard InChI is InChI=1S/C18H15FO5/c1-22-16-11-12(8-10-17(20)23-2)7-9-15(16)24-18(21)13-5-3-4-6-14(13)19/h3-11H,1-2H3/b10-8+. The van der Waals surface area contributed by atoms with Gasteiger partial charge in [-0.25, -0.2) is 14.0 Å². The van der Waals surface area contributed by atoms with Gasteiger partial charge in [-0.1, -0.05) is 18.2 Å². The van der Waals surface area contributed by atoms with Crippen LogP contribution in [0, 0.1) is 5.82 Å². The lowest BCUT2D eigenvalue weighted by Crippen LogP contribution is -2.11. The Morgan fingerprint density at radius 2 is 1.79 bits per heavy atom. The molecular formula is C18H15FO5. The lowest BCUT2D eigenvalue weighted by Gasteiger charge is -2.10. The average molecular weight is 330 g/mol. The predicted octanol–water partition coefficient (Wildman–Crippen LogP) is 3.24. The van der Waals surface area contributed by atoms with Gasteiger partial charge in [-0.3, -0.25) is 0 Å². The molecule has 0 aliphatic carbocycles. The molecule has 0 aromatic heterocycles. The molecule has 124 valence electrons. The highest BCUT2D eigenvalue weighted by atomic mass is 19.1. The van der Waals surface area contributed by atoms with E-state index in [9.17, 15) is 14.0 Å². The van der Waals surface area contributed by atoms with E-state index in [0.717, 1.165) is 0 Å². The molecule has 2 rings (SSSR count). The van der Waals surface area contributed by atoms with Crippen LogP contribution in [-0.4, -0.2) is 26.2 Å². The third-order valence-corrected chi connectivity index (χ3v) is 3.10. The van der Waals surface area contributed by atoms with Gasteiger partial charge in [-0.15, -0.1) is 0 Å². The maximum absolute atomic E-state index is 13.6. The van der Waals surface area contributed by atoms with Crippen molar-refractivity contribution in [1.29, 1.82) is 0 Å². The smallest absolute Gasteiger partial charge is 0.346 e. The number of hydrogen-bond donors (Lipinski definition) is 0. The van der Waals surface area contributed by atoms with Gasteiger partial charge in [-0.05, 0) is 35.9 Å². The fraction of sp³-hybridized carbons (Fsp3) is 0.111. The lowest BCUT2D eigenvalue weighted by molar-refractivity contribution is -0.134. The summed E-state index contributed by atoms with van der Waals surface area (Å²) >= 11 is 0. The van der Waals surface area contributed by atoms with E-state index < -0.39 is 17.8 Å². The van der Waals surface area contributed by atoms with Crippen LogP contribution in [0.4, 0.5) is 4.39 Å². The van der Waals surface area contributed by atoms with Crippen molar-refractivity contribution in [2.75, 3.05) is 14.2 Å². The van der Waals surface area contributed by atoms with Gasteiger partial charge in [0.1, 0.15) is 5.82 Å². The minimum atomic E-state index is -0.829. The molecule has 0 atom stereocenters. The summed E-state index contributed by atoms with van der Waals surface area (Å²) in [6.45, 7) is 0. The van der Waals surface area contributed by atoms with Gasteiger partial charge in [0, 0.05) is 6.08 Å². The maximum Gasteiger partial charge on any atom is 0.346 e. The lowest BCUT2D eigenvalue weighted by atomic mass is 10.2. The number of ether oxygens (including phenoxy) is 3. The van der Waals surface area contributed by atoms with Gasteiger partial charge in [0.05, 0.1) is 19.8 Å². The van der Waals surface area contributed by atoms with Gasteiger partial charge < -0.3 is 14.2 Å². The number of carbonyl (C=O) groups is 2. The van der Waals surface area contributed by atoms with Crippen molar-refractivity contribution in [3.63, 3.8) is 0 Å². The van der Waals surface area contributed by atoms with Crippen molar-refractivity contribution in [1.82, 2.24) is 0 Å². The van der Waals surface area contributed by atoms with E-state index in [2.05, 4.69) is 4.74 Å². The fourth-order valence-corrected chi connectivity index (χ4v) is 1.89. The van der Waals surface area contributed by atoms with Crippen LogP contribution in [0.25, 0.3) is 6.08 Å². The summed E-state index contributed by atoms with van der Waals surface area (Å²) in [7, 11) is 2.68. The third kappa shape index (κ3) is 4.19. The van der Waals surface area contributed by atoms with Crippen LogP contribution in [-0.2, 0) is 9.53 Å². The van der Waals surface area contributed by atoms with Gasteiger partial charge in [0.25, 0.3) is 0 Å². The first-order chi connectivity index (χ1) is 11.5. The van der Waals surface area contributed by atoms with Crippen molar-refractivity contribution in [3.8, 4) is 11.5 Å². The quantitative estimate of drug-likeness (QED) is 0.478. The molecule has 24 heavy (non-hydrogen) atoms. The molecule has 0 amide bonds. The first kappa shape index (κ1) is 17.2. The van der Waals surface area contributed by atoms with E-state index >= 15 is 0 Å². The number of hydrogen-bond acceptors (Lipinski definition) is 5. The first-order valence-corrected chi connectivity index (χ1v) is 6.96. The summed E-state index contributed by atoms with van der Waals surface area (Å²) < 4.78 is 28.5. The molecule has 0 saturated carbocycles. The normalized spacial score (nSPS) is 10.5. The molecule has 0 N–H and O–H groups in total. The molecule has 0 unspecified atom stereocenters. The highest BCUT2D eigenvalue weighted by molar-refractivity contribution is 5.91. The second kappa shape index (κ2) is 7.92. The number of carbonyl (C=O) groups excluding carboxylic acids is 2. The monoisotopic (exact) mass is 330 g/mol. The van der Waals surface area contributed by atoms with Gasteiger partial charge in [0.2, 0.25) is 0 Å². The maximum atomic E-state index is 13.6. The zero-order valence-electron chi connectivity index (χ0n) is 13.1. The summed E-state index contributed by atoms with van der Waals surface area (Å²) in [5, 5.41) is 0. The van der Waals surface area contributed by atoms with E-state index in [1.165, 1.54) is 56.7 Å². The third-order valence-electron chi connectivity index (χ3n) is 3.10. The Hall–Kier alpha value is -3.15. The molecular weight excluding hydrogens is 315 g/mol. The summed E-state index contributed by atoms with van der Waals surface area (Å²) in [6, 6.07) is 10.2. The summed E-state index contributed by atoms with van der Waals surface area (Å²) in [4.78, 5) is 23.1. The topological polar surface area (TPSA) is 61.8 Å². The van der Waals surface area contributed by atoms with Crippen LogP contribution in [0.2, 0.25) is 0 Å². The van der Waals surface area contributed by atoms with Crippen molar-refractivity contribution >= 4 is 18.0 Å². The molecule has 2 aromatic carbocycles. The van der Waals surface area contributed by atoms with Crippen molar-refractivity contribution in [3.05, 3.63) is 65.5 Å². The average Bonchev–Trinajstić information content (AvgIpc) is 2.60. The van der Waals surface area contributed by atoms with Crippen molar-refractivity contribution < 1.29 is 28.2 Å². The molecule has 0 spiro atoms. The molecule has 6 heteroatoms. The largest absolute Gasteiger partial charge is 0.493 e. The Balaban J connectivity index is 2.22. The molecule has 0 saturated heterocycles. The van der Waals surface area contributed by atoms with Crippen LogP contribution in [0.5, 0.6) is 11.5 Å². The Labute approximate surface area is 138 Å². The Morgan fingerprint density at radius 3 is 2.46 bits per heavy atom. The summed E-state index contributed by atoms with van der Waals surface area (Å²) in [5.74, 6) is -1.58. The Morgan fingerprint density at radius 1 is 1.04 bits per heavy atom. The molecule has 0 radical (unpaired) electrons. The van der Waals surface area contributed by atoms with Gasteiger partial charge in [-0.2, -0.15) is 0 Å². The van der Waals surface area contributed by atoms with Gasteiger partial charge in [0.15, 0.2) is 11.5 Å². The highest BCUT2D eigenvalue weighted by Crippen LogP contribution is 2.29. The predicted molar refractivity (Wildman–Crippen MR) is 85.4 cm³/mol. The molecule has 0 aliphatic rings. The molecule has 0 heterocycles. The second-order valence-corrected chi connectivity index (χ2v) is 4.64. The zero-order valence-corrected chi connectivity index (χ0v) is 13.1. The number of halogens is 1. The number of methoxy groups -OCH3 is 2.